The van der Waals surface area contributed by atoms with Gasteiger partial charge in [0.25, 0.3) is 0 Å². The maximum absolute atomic E-state index is 11.6. The number of carbonyl (C=O) groups excluding carboxylic acids is 2. The topological polar surface area (TPSA) is 52.6 Å². The maximum Gasteiger partial charge on any atom is 0.333 e. The first kappa shape index (κ1) is 18.4. The number of hydrogen-bond acceptors (Lipinski definition) is 6. The summed E-state index contributed by atoms with van der Waals surface area (Å²) in [6, 6.07) is 0. The molecule has 0 spiro atoms. The van der Waals surface area contributed by atoms with Crippen LogP contribution in [0.15, 0.2) is 12.2 Å². The van der Waals surface area contributed by atoms with E-state index in [9.17, 15) is 9.59 Å². The molecule has 1 heterocycles. The van der Waals surface area contributed by atoms with Gasteiger partial charge in [0.15, 0.2) is 0 Å². The molecule has 1 fully saturated rings. The molecule has 2 unspecified atom stereocenters. The Bertz CT molecular complexity index is 365. The van der Waals surface area contributed by atoms with Crippen molar-refractivity contribution in [3.8, 4) is 0 Å². The Morgan fingerprint density at radius 2 is 2.14 bits per heavy atom. The van der Waals surface area contributed by atoms with Crippen LogP contribution in [-0.4, -0.2) is 35.7 Å². The van der Waals surface area contributed by atoms with E-state index in [1.54, 1.807) is 13.8 Å². The minimum absolute atomic E-state index is 0.0768. The first-order valence-electron chi connectivity index (χ1n) is 7.29. The Morgan fingerprint density at radius 3 is 2.76 bits per heavy atom. The largest absolute Gasteiger partial charge is 0.459 e. The molecule has 0 aromatic rings. The van der Waals surface area contributed by atoms with Crippen LogP contribution in [0.2, 0.25) is 0 Å². The molecule has 0 saturated carbocycles. The molecule has 6 heteroatoms. The van der Waals surface area contributed by atoms with Crippen LogP contribution < -0.4 is 0 Å². The summed E-state index contributed by atoms with van der Waals surface area (Å²) in [5.41, 5.74) is 0.344. The normalized spacial score (nSPS) is 19.0. The van der Waals surface area contributed by atoms with Gasteiger partial charge in [-0.1, -0.05) is 34.6 Å². The molecule has 2 atom stereocenters. The average molecular weight is 332 g/mol. The van der Waals surface area contributed by atoms with Crippen molar-refractivity contribution in [1.82, 2.24) is 0 Å². The van der Waals surface area contributed by atoms with Gasteiger partial charge in [0.2, 0.25) is 0 Å². The number of rotatable bonds is 9. The third-order valence-electron chi connectivity index (χ3n) is 3.01. The van der Waals surface area contributed by atoms with E-state index in [1.165, 1.54) is 18.6 Å². The highest BCUT2D eigenvalue weighted by atomic mass is 33.1. The van der Waals surface area contributed by atoms with Crippen LogP contribution in [0.3, 0.4) is 0 Å². The van der Waals surface area contributed by atoms with Gasteiger partial charge in [0, 0.05) is 23.0 Å². The van der Waals surface area contributed by atoms with Crippen LogP contribution in [0, 0.1) is 0 Å². The van der Waals surface area contributed by atoms with E-state index in [0.29, 0.717) is 12.0 Å². The molecule has 1 aliphatic rings. The lowest BCUT2D eigenvalue weighted by molar-refractivity contribution is -0.156. The highest BCUT2D eigenvalue weighted by Gasteiger charge is 2.16. The summed E-state index contributed by atoms with van der Waals surface area (Å²) in [7, 11) is 3.91. The van der Waals surface area contributed by atoms with E-state index in [-0.39, 0.29) is 12.6 Å². The van der Waals surface area contributed by atoms with E-state index >= 15 is 0 Å². The van der Waals surface area contributed by atoms with Crippen LogP contribution in [0.4, 0.5) is 0 Å². The van der Waals surface area contributed by atoms with Gasteiger partial charge in [0.05, 0.1) is 0 Å². The van der Waals surface area contributed by atoms with E-state index in [2.05, 4.69) is 6.58 Å². The van der Waals surface area contributed by atoms with Crippen LogP contribution in [-0.2, 0) is 19.1 Å². The molecule has 0 amide bonds. The zero-order chi connectivity index (χ0) is 15.7. The van der Waals surface area contributed by atoms with Crippen molar-refractivity contribution in [3.63, 3.8) is 0 Å². The summed E-state index contributed by atoms with van der Waals surface area (Å²) in [4.78, 5) is 22.8. The maximum atomic E-state index is 11.6. The molecule has 1 aliphatic heterocycles. The van der Waals surface area contributed by atoms with Crippen LogP contribution in [0.25, 0.3) is 0 Å². The van der Waals surface area contributed by atoms with E-state index in [0.717, 1.165) is 18.1 Å². The summed E-state index contributed by atoms with van der Waals surface area (Å²) in [5.74, 6) is 0.574. The smallest absolute Gasteiger partial charge is 0.333 e. The lowest BCUT2D eigenvalue weighted by atomic mass is 10.1. The van der Waals surface area contributed by atoms with Crippen molar-refractivity contribution in [2.45, 2.75) is 57.3 Å². The molecular weight excluding hydrogens is 308 g/mol. The lowest BCUT2D eigenvalue weighted by Gasteiger charge is -2.13. The van der Waals surface area contributed by atoms with Gasteiger partial charge in [-0.15, -0.1) is 0 Å². The Kier molecular flexibility index (Phi) is 8.92. The van der Waals surface area contributed by atoms with Crippen molar-refractivity contribution in [2.75, 3.05) is 12.4 Å². The zero-order valence-electron chi connectivity index (χ0n) is 12.8. The fourth-order valence-corrected chi connectivity index (χ4v) is 4.87. The lowest BCUT2D eigenvalue weighted by Crippen LogP contribution is -2.22. The third-order valence-corrected chi connectivity index (χ3v) is 6.02. The minimum atomic E-state index is -0.454. The number of hydrogen-bond donors (Lipinski definition) is 0. The molecule has 120 valence electrons. The molecule has 21 heavy (non-hydrogen) atoms. The Balaban J connectivity index is 2.03. The van der Waals surface area contributed by atoms with Gasteiger partial charge in [-0.05, 0) is 33.1 Å². The molecule has 0 aliphatic carbocycles. The molecule has 1 saturated heterocycles. The SMILES string of the molecule is C=C(C)C(=O)OCC(C)OC(=O)CCCCC1CCSS1. The minimum Gasteiger partial charge on any atom is -0.459 e. The number of ether oxygens (including phenoxy) is 2. The number of carbonyl (C=O) groups is 2. The monoisotopic (exact) mass is 332 g/mol. The second-order valence-electron chi connectivity index (χ2n) is 5.25. The molecule has 0 radical (unpaired) electrons. The van der Waals surface area contributed by atoms with E-state index < -0.39 is 12.1 Å². The molecule has 0 aromatic carbocycles. The van der Waals surface area contributed by atoms with Gasteiger partial charge in [-0.3, -0.25) is 4.79 Å². The van der Waals surface area contributed by atoms with Crippen molar-refractivity contribution in [2.24, 2.45) is 0 Å². The van der Waals surface area contributed by atoms with Crippen molar-refractivity contribution < 1.29 is 19.1 Å². The standard InChI is InChI=1S/C15H24O4S2/c1-11(2)15(17)18-10-12(3)19-14(16)7-5-4-6-13-8-9-20-21-13/h12-13H,1,4-10H2,2-3H3. The Morgan fingerprint density at radius 1 is 1.38 bits per heavy atom. The van der Waals surface area contributed by atoms with E-state index in [4.69, 9.17) is 9.47 Å². The Labute approximate surface area is 134 Å². The van der Waals surface area contributed by atoms with Crippen molar-refractivity contribution in [1.29, 1.82) is 0 Å². The third kappa shape index (κ3) is 8.41. The summed E-state index contributed by atoms with van der Waals surface area (Å²) in [5, 5.41) is 0.756. The molecule has 1 rings (SSSR count). The quantitative estimate of drug-likeness (QED) is 0.277. The predicted octanol–water partition coefficient (Wildman–Crippen LogP) is 3.75. The van der Waals surface area contributed by atoms with Crippen LogP contribution >= 0.6 is 21.6 Å². The van der Waals surface area contributed by atoms with Crippen molar-refractivity contribution in [3.05, 3.63) is 12.2 Å². The molecule has 4 nitrogen and oxygen atoms in total. The first-order chi connectivity index (χ1) is 9.99. The number of unbranched alkanes of at least 4 members (excludes halogenated alkanes) is 1. The van der Waals surface area contributed by atoms with Crippen molar-refractivity contribution >= 4 is 33.5 Å². The van der Waals surface area contributed by atoms with Gasteiger partial charge in [-0.25, -0.2) is 4.79 Å². The van der Waals surface area contributed by atoms with Gasteiger partial charge >= 0.3 is 11.9 Å². The van der Waals surface area contributed by atoms with Crippen LogP contribution in [0.5, 0.6) is 0 Å². The fourth-order valence-electron chi connectivity index (χ4n) is 1.84. The zero-order valence-corrected chi connectivity index (χ0v) is 14.4. The van der Waals surface area contributed by atoms with Crippen LogP contribution in [0.1, 0.15) is 46.0 Å². The Hall–Kier alpha value is -0.620. The molecule has 0 N–H and O–H groups in total. The van der Waals surface area contributed by atoms with Gasteiger partial charge < -0.3 is 9.47 Å². The highest BCUT2D eigenvalue weighted by Crippen LogP contribution is 2.39. The summed E-state index contributed by atoms with van der Waals surface area (Å²) in [6.07, 6.45) is 4.40. The van der Waals surface area contributed by atoms with Gasteiger partial charge in [-0.2, -0.15) is 0 Å². The summed E-state index contributed by atoms with van der Waals surface area (Å²) < 4.78 is 10.1. The fraction of sp³-hybridized carbons (Fsp3) is 0.733. The molecule has 0 aromatic heterocycles. The molecular formula is C15H24O4S2. The summed E-state index contributed by atoms with van der Waals surface area (Å²) in [6.45, 7) is 6.87. The summed E-state index contributed by atoms with van der Waals surface area (Å²) >= 11 is 0. The number of esters is 2. The second kappa shape index (κ2) is 10.2. The second-order valence-corrected chi connectivity index (χ2v) is 8.04. The van der Waals surface area contributed by atoms with E-state index in [1.807, 2.05) is 21.6 Å². The molecule has 0 bridgehead atoms. The predicted molar refractivity (Wildman–Crippen MR) is 88.2 cm³/mol. The van der Waals surface area contributed by atoms with Gasteiger partial charge in [0.1, 0.15) is 12.7 Å². The average Bonchev–Trinajstić information content (AvgIpc) is 2.94. The first-order valence-corrected chi connectivity index (χ1v) is 9.67. The highest BCUT2D eigenvalue weighted by molar-refractivity contribution is 8.77.